The maximum absolute atomic E-state index is 15.0. The van der Waals surface area contributed by atoms with Gasteiger partial charge >= 0.3 is 0 Å². The molecule has 12 aromatic rings. The van der Waals surface area contributed by atoms with Crippen LogP contribution in [0.25, 0.3) is 66.9 Å². The van der Waals surface area contributed by atoms with E-state index in [1.165, 1.54) is 43.9 Å². The number of anilines is 6. The fourth-order valence-electron chi connectivity index (χ4n) is 15.1. The highest BCUT2D eigenvalue weighted by Gasteiger charge is 2.28. The average molecular weight is 1500 g/mol. The van der Waals surface area contributed by atoms with Gasteiger partial charge < -0.3 is 39.5 Å². The van der Waals surface area contributed by atoms with Crippen LogP contribution in [0.15, 0.2) is 110 Å². The molecule has 3 fully saturated rings. The monoisotopic (exact) mass is 1500 g/mol. The first-order chi connectivity index (χ1) is 52.8. The molecule has 3 aromatic carbocycles. The van der Waals surface area contributed by atoms with Gasteiger partial charge in [0.05, 0.1) is 41.2 Å². The largest absolute Gasteiger partial charge is 0.335 e. The minimum Gasteiger partial charge on any atom is -0.335 e. The minimum absolute atomic E-state index is 0.0109. The van der Waals surface area contributed by atoms with E-state index in [0.29, 0.717) is 87.7 Å². The van der Waals surface area contributed by atoms with Gasteiger partial charge in [-0.1, -0.05) is 25.1 Å². The van der Waals surface area contributed by atoms with Gasteiger partial charge in [-0.05, 0) is 213 Å². The number of carbonyl (C=O) groups is 1. The van der Waals surface area contributed by atoms with Gasteiger partial charge in [-0.25, -0.2) is 86.2 Å². The van der Waals surface area contributed by atoms with Crippen molar-refractivity contribution >= 4 is 74.3 Å². The van der Waals surface area contributed by atoms with Crippen molar-refractivity contribution in [1.82, 2.24) is 93.1 Å². The molecular formula is C81H92F6N22O. The van der Waals surface area contributed by atoms with E-state index in [9.17, 15) is 31.1 Å². The molecule has 0 spiro atoms. The summed E-state index contributed by atoms with van der Waals surface area (Å²) >= 11 is 0. The number of benzene rings is 3. The molecule has 9 aromatic heterocycles. The van der Waals surface area contributed by atoms with Gasteiger partial charge in [-0.3, -0.25) is 14.6 Å². The molecule has 0 bridgehead atoms. The van der Waals surface area contributed by atoms with Crippen molar-refractivity contribution in [1.29, 1.82) is 0 Å². The lowest BCUT2D eigenvalue weighted by Crippen LogP contribution is -2.35. The van der Waals surface area contributed by atoms with Crippen molar-refractivity contribution in [2.45, 2.75) is 158 Å². The van der Waals surface area contributed by atoms with E-state index < -0.39 is 34.9 Å². The van der Waals surface area contributed by atoms with Crippen LogP contribution in [0.1, 0.15) is 172 Å². The smallest absolute Gasteiger partial charge is 0.229 e. The molecule has 3 aliphatic heterocycles. The number of likely N-dealkylation sites (N-methyl/N-ethyl adjacent to an activating group) is 1. The summed E-state index contributed by atoms with van der Waals surface area (Å²) in [5, 5.41) is 9.08. The summed E-state index contributed by atoms with van der Waals surface area (Å²) in [5.74, 6) is 0.757. The summed E-state index contributed by atoms with van der Waals surface area (Å²) in [4.78, 5) is 73.5. The predicted molar refractivity (Wildman–Crippen MR) is 415 cm³/mol. The van der Waals surface area contributed by atoms with Crippen LogP contribution in [-0.2, 0) is 4.79 Å². The summed E-state index contributed by atoms with van der Waals surface area (Å²) in [5.41, 5.74) is 6.66. The number of nitrogens with one attached hydrogen (secondary N) is 3. The van der Waals surface area contributed by atoms with Crippen molar-refractivity contribution in [3.63, 3.8) is 0 Å². The Labute approximate surface area is 635 Å². The molecule has 3 N–H and O–H groups in total. The van der Waals surface area contributed by atoms with Crippen LogP contribution in [0.4, 0.5) is 61.6 Å². The predicted octanol–water partition coefficient (Wildman–Crippen LogP) is 17.3. The number of amides is 1. The van der Waals surface area contributed by atoms with E-state index in [1.807, 2.05) is 131 Å². The Hall–Kier alpha value is -10.9. The number of pyridine rings is 3. The topological polar surface area (TPSA) is 236 Å². The molecule has 0 radical (unpaired) electrons. The molecule has 0 saturated carbocycles. The molecule has 1 unspecified atom stereocenters. The van der Waals surface area contributed by atoms with Gasteiger partial charge in [-0.15, -0.1) is 0 Å². The Kier molecular flexibility index (Phi) is 23.3. The zero-order valence-corrected chi connectivity index (χ0v) is 64.2. The first kappa shape index (κ1) is 77.3. The molecule has 23 nitrogen and oxygen atoms in total. The SMILES string of the molecule is CCN1CCC(=O)N([C@H](C)c2ccc(Nc3ncc(F)c(-c4cc(F)c5nc(C)n(C(C)C)c5c4)n3)nc2)CC1.Cc1nc2c(F)cc(-c3nc(Nc4ccc(C(C)N5CCCC5)cn4)ncc3F)cc2n1C(C)C.Cc1nc2c(F)cc(-c3nc(Nc4ccc([C@H](C)N5CCCC5)cn4)ncc3F)cc2n1C(C)C. The number of nitrogens with zero attached hydrogens (tertiary/aromatic N) is 19. The van der Waals surface area contributed by atoms with Gasteiger partial charge in [0.2, 0.25) is 23.8 Å². The third-order valence-electron chi connectivity index (χ3n) is 20.8. The van der Waals surface area contributed by atoms with Crippen LogP contribution in [0, 0.1) is 55.7 Å². The van der Waals surface area contributed by atoms with Gasteiger partial charge in [-0.2, -0.15) is 0 Å². The van der Waals surface area contributed by atoms with Crippen molar-refractivity contribution in [2.24, 2.45) is 0 Å². The number of halogens is 6. The number of aromatic nitrogens is 15. The number of hydrogen-bond donors (Lipinski definition) is 3. The van der Waals surface area contributed by atoms with E-state index in [4.69, 9.17) is 0 Å². The zero-order valence-electron chi connectivity index (χ0n) is 64.2. The van der Waals surface area contributed by atoms with Crippen LogP contribution in [-0.4, -0.2) is 151 Å². The molecule has 0 aliphatic carbocycles. The third kappa shape index (κ3) is 16.6. The molecule has 3 atom stereocenters. The molecule has 110 heavy (non-hydrogen) atoms. The second-order valence-electron chi connectivity index (χ2n) is 29.1. The Balaban J connectivity index is 0.000000145. The van der Waals surface area contributed by atoms with Crippen LogP contribution in [0.3, 0.4) is 0 Å². The highest BCUT2D eigenvalue weighted by atomic mass is 19.1. The Morgan fingerprint density at radius 2 is 0.709 bits per heavy atom. The highest BCUT2D eigenvalue weighted by molar-refractivity contribution is 5.86. The maximum Gasteiger partial charge on any atom is 0.229 e. The fraction of sp³-hybridized carbons (Fsp3) is 0.395. The molecule has 3 saturated heterocycles. The average Bonchev–Trinajstić information content (AvgIpc) is 1.60. The van der Waals surface area contributed by atoms with Crippen molar-refractivity contribution in [3.8, 4) is 33.8 Å². The number of rotatable bonds is 19. The summed E-state index contributed by atoms with van der Waals surface area (Å²) in [6, 6.07) is 21.1. The number of likely N-dealkylation sites (tertiary alicyclic amines) is 2. The van der Waals surface area contributed by atoms with Crippen LogP contribution in [0.5, 0.6) is 0 Å². The quantitative estimate of drug-likeness (QED) is 0.0638. The minimum atomic E-state index is -0.669. The number of fused-ring (bicyclic) bond motifs is 3. The third-order valence-corrected chi connectivity index (χ3v) is 20.8. The van der Waals surface area contributed by atoms with Crippen molar-refractivity contribution in [3.05, 3.63) is 179 Å². The first-order valence-electron chi connectivity index (χ1n) is 37.6. The van der Waals surface area contributed by atoms with Crippen LogP contribution in [0.2, 0.25) is 0 Å². The molecule has 12 heterocycles. The van der Waals surface area contributed by atoms with Crippen LogP contribution >= 0.6 is 0 Å². The fourth-order valence-corrected chi connectivity index (χ4v) is 15.1. The van der Waals surface area contributed by atoms with Gasteiger partial charge in [0.25, 0.3) is 0 Å². The molecule has 29 heteroatoms. The highest BCUT2D eigenvalue weighted by Crippen LogP contribution is 2.36. The molecule has 3 aliphatic rings. The van der Waals surface area contributed by atoms with Gasteiger partial charge in [0, 0.05) is 91.5 Å². The first-order valence-corrected chi connectivity index (χ1v) is 37.6. The molecule has 15 rings (SSSR count). The summed E-state index contributed by atoms with van der Waals surface area (Å²) in [6.45, 7) is 33.6. The number of hydrogen-bond acceptors (Lipinski definition) is 19. The van der Waals surface area contributed by atoms with E-state index in [2.05, 4.69) is 111 Å². The van der Waals surface area contributed by atoms with E-state index >= 15 is 0 Å². The summed E-state index contributed by atoms with van der Waals surface area (Å²) < 4.78 is 95.0. The molecule has 1 amide bonds. The maximum atomic E-state index is 15.0. The lowest BCUT2D eigenvalue weighted by molar-refractivity contribution is -0.132. The normalized spacial score (nSPS) is 15.4. The molecular weight excluding hydrogens is 1410 g/mol. The lowest BCUT2D eigenvalue weighted by Gasteiger charge is -2.28. The second kappa shape index (κ2) is 33.1. The standard InChI is InChI=1S/C29H34F2N8O.2C26H29F2N7/c1-6-37-10-9-26(40)38(12-11-37)18(4)20-7-8-25(32-15-20)35-29-33-16-23(31)27(36-29)21-13-22(30)28-24(14-21)39(17(2)3)19(5)34-28;2*1-15(2)35-17(4)31-25-20(27)11-19(12-22(25)35)24-21(28)14-30-26(33-24)32-23-8-7-18(13-29-23)16(3)34-9-5-6-10-34/h7-8,13-18H,6,9-12H2,1-5H3,(H,32,33,35,36);2*7-8,11-16H,5-6,9-10H2,1-4H3,(H,29,30,32,33)/t18-;16-;/m10./s1. The van der Waals surface area contributed by atoms with E-state index in [1.54, 1.807) is 30.5 Å². The second-order valence-corrected chi connectivity index (χ2v) is 29.1. The number of carbonyl (C=O) groups excluding carboxylic acids is 1. The number of aryl methyl sites for hydroxylation is 3. The summed E-state index contributed by atoms with van der Waals surface area (Å²) in [6.07, 6.45) is 14.1. The summed E-state index contributed by atoms with van der Waals surface area (Å²) in [7, 11) is 0. The van der Waals surface area contributed by atoms with E-state index in [0.717, 1.165) is 81.1 Å². The lowest BCUT2D eigenvalue weighted by atomic mass is 10.1. The van der Waals surface area contributed by atoms with Gasteiger partial charge in [0.1, 0.15) is 68.6 Å². The Morgan fingerprint density at radius 1 is 0.382 bits per heavy atom. The van der Waals surface area contributed by atoms with Crippen molar-refractivity contribution < 1.29 is 31.1 Å². The van der Waals surface area contributed by atoms with Crippen LogP contribution < -0.4 is 16.0 Å². The Bertz CT molecular complexity index is 5080. The zero-order chi connectivity index (χ0) is 77.9. The molecule has 574 valence electrons. The number of imidazole rings is 3. The van der Waals surface area contributed by atoms with E-state index in [-0.39, 0.29) is 87.1 Å². The van der Waals surface area contributed by atoms with Gasteiger partial charge in [0.15, 0.2) is 34.9 Å². The Morgan fingerprint density at radius 3 is 1.01 bits per heavy atom. The van der Waals surface area contributed by atoms with Crippen molar-refractivity contribution in [2.75, 3.05) is 68.3 Å².